The van der Waals surface area contributed by atoms with Crippen LogP contribution in [0, 0.1) is 5.82 Å². The Hall–Kier alpha value is -2.62. The smallest absolute Gasteiger partial charge is 0.152 e. The van der Waals surface area contributed by atoms with Crippen LogP contribution < -0.4 is 4.74 Å². The highest BCUT2D eigenvalue weighted by Crippen LogP contribution is 2.25. The van der Waals surface area contributed by atoms with Crippen molar-refractivity contribution >= 4 is 17.2 Å². The summed E-state index contributed by atoms with van der Waals surface area (Å²) in [5.41, 5.74) is 2.69. The minimum atomic E-state index is -0.344. The highest BCUT2D eigenvalue weighted by molar-refractivity contribution is 5.97. The van der Waals surface area contributed by atoms with Crippen molar-refractivity contribution in [3.05, 3.63) is 65.6 Å². The van der Waals surface area contributed by atoms with Gasteiger partial charge in [0.1, 0.15) is 18.2 Å². The Morgan fingerprint density at radius 1 is 1.12 bits per heavy atom. The Morgan fingerprint density at radius 3 is 2.48 bits per heavy atom. The summed E-state index contributed by atoms with van der Waals surface area (Å²) in [4.78, 5) is 11.2. The largest absolute Gasteiger partial charge is 0.492 e. The van der Waals surface area contributed by atoms with Crippen molar-refractivity contribution in [1.82, 2.24) is 4.57 Å². The summed E-state index contributed by atoms with van der Waals surface area (Å²) in [7, 11) is 0. The van der Waals surface area contributed by atoms with Gasteiger partial charge in [0.15, 0.2) is 6.29 Å². The highest BCUT2D eigenvalue weighted by atomic mass is 19.1. The monoisotopic (exact) mass is 339 g/mol. The Balaban J connectivity index is 1.70. The fourth-order valence-electron chi connectivity index (χ4n) is 2.89. The van der Waals surface area contributed by atoms with Crippen molar-refractivity contribution in [2.45, 2.75) is 32.7 Å². The van der Waals surface area contributed by atoms with Crippen LogP contribution in [0.2, 0.25) is 0 Å². The first-order chi connectivity index (χ1) is 11.9. The number of benzene rings is 2. The lowest BCUT2D eigenvalue weighted by Gasteiger charge is -2.19. The number of carbonyl (C=O) groups excluding carboxylic acids is 1. The van der Waals surface area contributed by atoms with Gasteiger partial charge in [0.05, 0.1) is 6.54 Å². The minimum absolute atomic E-state index is 0.114. The average molecular weight is 339 g/mol. The number of aromatic nitrogens is 1. The lowest BCUT2D eigenvalue weighted by molar-refractivity contribution is 0.112. The molecule has 1 aromatic heterocycles. The van der Waals surface area contributed by atoms with Crippen LogP contribution in [-0.4, -0.2) is 17.5 Å². The van der Waals surface area contributed by atoms with Crippen LogP contribution >= 0.6 is 0 Å². The number of halogens is 1. The van der Waals surface area contributed by atoms with Crippen molar-refractivity contribution < 1.29 is 13.9 Å². The van der Waals surface area contributed by atoms with Crippen LogP contribution in [0.3, 0.4) is 0 Å². The second-order valence-electron chi connectivity index (χ2n) is 7.18. The van der Waals surface area contributed by atoms with E-state index in [4.69, 9.17) is 4.74 Å². The van der Waals surface area contributed by atoms with E-state index in [1.54, 1.807) is 12.3 Å². The van der Waals surface area contributed by atoms with E-state index >= 15 is 0 Å². The van der Waals surface area contributed by atoms with Crippen molar-refractivity contribution in [2.75, 3.05) is 6.61 Å². The fourth-order valence-corrected chi connectivity index (χ4v) is 2.89. The highest BCUT2D eigenvalue weighted by Gasteiger charge is 2.13. The van der Waals surface area contributed by atoms with Gasteiger partial charge in [-0.3, -0.25) is 4.79 Å². The van der Waals surface area contributed by atoms with E-state index < -0.39 is 0 Å². The van der Waals surface area contributed by atoms with Crippen LogP contribution in [0.4, 0.5) is 4.39 Å². The maximum Gasteiger partial charge on any atom is 0.152 e. The Bertz CT molecular complexity index is 889. The summed E-state index contributed by atoms with van der Waals surface area (Å²) in [6.45, 7) is 7.57. The standard InChI is InChI=1S/C21H22FNO2/c1-21(2,3)16-4-7-18(8-5-16)25-11-10-23-13-15(14-24)19-12-17(22)6-9-20(19)23/h4-9,12-14H,10-11H2,1-3H3. The Morgan fingerprint density at radius 2 is 1.84 bits per heavy atom. The van der Waals surface area contributed by atoms with Crippen molar-refractivity contribution in [3.63, 3.8) is 0 Å². The summed E-state index contributed by atoms with van der Waals surface area (Å²) in [6, 6.07) is 12.6. The number of carbonyl (C=O) groups is 1. The molecular weight excluding hydrogens is 317 g/mol. The molecule has 3 aromatic rings. The molecule has 3 rings (SSSR count). The summed E-state index contributed by atoms with van der Waals surface area (Å²) >= 11 is 0. The normalized spacial score (nSPS) is 11.7. The summed E-state index contributed by atoms with van der Waals surface area (Å²) in [5, 5.41) is 0.629. The minimum Gasteiger partial charge on any atom is -0.492 e. The SMILES string of the molecule is CC(C)(C)c1ccc(OCCn2cc(C=O)c3cc(F)ccc32)cc1. The fraction of sp³-hybridized carbons (Fsp3) is 0.286. The number of hydrogen-bond acceptors (Lipinski definition) is 2. The summed E-state index contributed by atoms with van der Waals surface area (Å²) in [6.07, 6.45) is 2.49. The number of rotatable bonds is 5. The van der Waals surface area contributed by atoms with Crippen molar-refractivity contribution in [3.8, 4) is 5.75 Å². The van der Waals surface area contributed by atoms with Crippen LogP contribution in [0.25, 0.3) is 10.9 Å². The van der Waals surface area contributed by atoms with Crippen LogP contribution in [0.15, 0.2) is 48.7 Å². The van der Waals surface area contributed by atoms with Gasteiger partial charge in [-0.15, -0.1) is 0 Å². The molecule has 0 amide bonds. The molecule has 2 aromatic carbocycles. The van der Waals surface area contributed by atoms with E-state index in [9.17, 15) is 9.18 Å². The second kappa shape index (κ2) is 6.71. The van der Waals surface area contributed by atoms with Crippen LogP contribution in [0.5, 0.6) is 5.75 Å². The lowest BCUT2D eigenvalue weighted by Crippen LogP contribution is -2.11. The maximum absolute atomic E-state index is 13.4. The van der Waals surface area contributed by atoms with Gasteiger partial charge in [-0.05, 0) is 41.3 Å². The number of nitrogens with zero attached hydrogens (tertiary/aromatic N) is 1. The third-order valence-electron chi connectivity index (χ3n) is 4.32. The molecule has 0 N–H and O–H groups in total. The number of hydrogen-bond donors (Lipinski definition) is 0. The Kier molecular flexibility index (Phi) is 4.62. The number of aldehydes is 1. The molecule has 0 aliphatic heterocycles. The van der Waals surface area contributed by atoms with Gasteiger partial charge in [0.2, 0.25) is 0 Å². The van der Waals surface area contributed by atoms with Gasteiger partial charge in [-0.25, -0.2) is 4.39 Å². The second-order valence-corrected chi connectivity index (χ2v) is 7.18. The molecule has 0 unspecified atom stereocenters. The molecule has 0 fully saturated rings. The van der Waals surface area contributed by atoms with Gasteiger partial charge in [-0.1, -0.05) is 32.9 Å². The quantitative estimate of drug-likeness (QED) is 0.615. The van der Waals surface area contributed by atoms with E-state index in [2.05, 4.69) is 32.9 Å². The number of fused-ring (bicyclic) bond motifs is 1. The Labute approximate surface area is 147 Å². The molecule has 0 saturated heterocycles. The topological polar surface area (TPSA) is 31.2 Å². The van der Waals surface area contributed by atoms with Crippen molar-refractivity contribution in [2.24, 2.45) is 0 Å². The molecule has 0 spiro atoms. The first-order valence-corrected chi connectivity index (χ1v) is 8.35. The molecule has 130 valence electrons. The third kappa shape index (κ3) is 3.73. The maximum atomic E-state index is 13.4. The lowest BCUT2D eigenvalue weighted by atomic mass is 9.87. The zero-order valence-electron chi connectivity index (χ0n) is 14.8. The van der Waals surface area contributed by atoms with Crippen LogP contribution in [-0.2, 0) is 12.0 Å². The molecule has 0 atom stereocenters. The molecule has 3 nitrogen and oxygen atoms in total. The molecule has 25 heavy (non-hydrogen) atoms. The van der Waals surface area contributed by atoms with E-state index in [1.165, 1.54) is 17.7 Å². The summed E-state index contributed by atoms with van der Waals surface area (Å²) in [5.74, 6) is 0.467. The molecular formula is C21H22FNO2. The van der Waals surface area contributed by atoms with E-state index in [0.29, 0.717) is 24.1 Å². The molecule has 0 saturated carbocycles. The zero-order chi connectivity index (χ0) is 18.0. The van der Waals surface area contributed by atoms with Gasteiger partial charge in [-0.2, -0.15) is 0 Å². The summed E-state index contributed by atoms with van der Waals surface area (Å²) < 4.78 is 21.1. The van der Waals surface area contributed by atoms with Crippen LogP contribution in [0.1, 0.15) is 36.7 Å². The van der Waals surface area contributed by atoms with Gasteiger partial charge >= 0.3 is 0 Å². The molecule has 0 bridgehead atoms. The average Bonchev–Trinajstić information content (AvgIpc) is 2.91. The van der Waals surface area contributed by atoms with Gasteiger partial charge < -0.3 is 9.30 Å². The third-order valence-corrected chi connectivity index (χ3v) is 4.32. The first kappa shape index (κ1) is 17.2. The van der Waals surface area contributed by atoms with E-state index in [1.807, 2.05) is 16.7 Å². The van der Waals surface area contributed by atoms with E-state index in [-0.39, 0.29) is 11.2 Å². The molecule has 0 aliphatic rings. The van der Waals surface area contributed by atoms with Gasteiger partial charge in [0.25, 0.3) is 0 Å². The number of ether oxygens (including phenoxy) is 1. The predicted octanol–water partition coefficient (Wildman–Crippen LogP) is 4.97. The predicted molar refractivity (Wildman–Crippen MR) is 97.9 cm³/mol. The van der Waals surface area contributed by atoms with Gasteiger partial charge in [0, 0.05) is 22.7 Å². The zero-order valence-corrected chi connectivity index (χ0v) is 14.8. The first-order valence-electron chi connectivity index (χ1n) is 8.35. The molecule has 0 radical (unpaired) electrons. The van der Waals surface area contributed by atoms with E-state index in [0.717, 1.165) is 17.6 Å². The van der Waals surface area contributed by atoms with Crippen molar-refractivity contribution in [1.29, 1.82) is 0 Å². The molecule has 0 aliphatic carbocycles. The molecule has 4 heteroatoms. The molecule has 1 heterocycles.